The third-order valence-electron chi connectivity index (χ3n) is 2.60. The van der Waals surface area contributed by atoms with Crippen molar-refractivity contribution in [1.29, 1.82) is 0 Å². The van der Waals surface area contributed by atoms with Crippen molar-refractivity contribution in [3.05, 3.63) is 29.3 Å². The Hall–Kier alpha value is -1.72. The van der Waals surface area contributed by atoms with Crippen molar-refractivity contribution in [3.63, 3.8) is 0 Å². The molecule has 0 aliphatic carbocycles. The number of alkyl halides is 3. The van der Waals surface area contributed by atoms with E-state index in [1.807, 2.05) is 0 Å². The van der Waals surface area contributed by atoms with Gasteiger partial charge in [-0.05, 0) is 31.5 Å². The summed E-state index contributed by atoms with van der Waals surface area (Å²) in [5.41, 5.74) is -0.112. The summed E-state index contributed by atoms with van der Waals surface area (Å²) >= 11 is 0. The van der Waals surface area contributed by atoms with Gasteiger partial charge < -0.3 is 10.6 Å². The molecule has 0 fully saturated rings. The van der Waals surface area contributed by atoms with Crippen LogP contribution in [0.5, 0.6) is 0 Å². The number of amides is 1. The van der Waals surface area contributed by atoms with E-state index in [1.54, 1.807) is 13.0 Å². The van der Waals surface area contributed by atoms with Crippen molar-refractivity contribution < 1.29 is 18.0 Å². The Balaban J connectivity index is 2.63. The minimum absolute atomic E-state index is 0.127. The van der Waals surface area contributed by atoms with Gasteiger partial charge in [0.05, 0.1) is 5.56 Å². The fraction of sp³-hybridized carbons (Fsp3) is 0.462. The highest BCUT2D eigenvalue weighted by molar-refractivity contribution is 5.76. The summed E-state index contributed by atoms with van der Waals surface area (Å²) < 4.78 is 38.1. The van der Waals surface area contributed by atoms with E-state index in [-0.39, 0.29) is 17.9 Å². The van der Waals surface area contributed by atoms with Gasteiger partial charge in [0.15, 0.2) is 0 Å². The summed E-state index contributed by atoms with van der Waals surface area (Å²) in [6.07, 6.45) is -4.13. The third-order valence-corrected chi connectivity index (χ3v) is 2.60. The Morgan fingerprint density at radius 2 is 2.00 bits per heavy atom. The first kappa shape index (κ1) is 15.3. The topological polar surface area (TPSA) is 41.1 Å². The largest absolute Gasteiger partial charge is 0.416 e. The molecule has 3 nitrogen and oxygen atoms in total. The molecular weight excluding hydrogens is 257 g/mol. The number of benzene rings is 1. The molecule has 0 spiro atoms. The van der Waals surface area contributed by atoms with Crippen LogP contribution in [0, 0.1) is 6.92 Å². The molecule has 19 heavy (non-hydrogen) atoms. The minimum Gasteiger partial charge on any atom is -0.385 e. The van der Waals surface area contributed by atoms with Crippen molar-refractivity contribution in [2.75, 3.05) is 18.4 Å². The molecule has 6 heteroatoms. The van der Waals surface area contributed by atoms with E-state index < -0.39 is 11.7 Å². The van der Waals surface area contributed by atoms with Gasteiger partial charge in [-0.2, -0.15) is 13.2 Å². The van der Waals surface area contributed by atoms with Gasteiger partial charge in [0, 0.05) is 25.2 Å². The van der Waals surface area contributed by atoms with Crippen LogP contribution in [0.4, 0.5) is 18.9 Å². The molecule has 106 valence electrons. The normalized spacial score (nSPS) is 11.2. The number of hydrogen-bond donors (Lipinski definition) is 2. The van der Waals surface area contributed by atoms with Crippen LogP contribution in [0.25, 0.3) is 0 Å². The molecule has 0 aromatic heterocycles. The van der Waals surface area contributed by atoms with Crippen LogP contribution in [0.2, 0.25) is 0 Å². The maximum Gasteiger partial charge on any atom is 0.416 e. The van der Waals surface area contributed by atoms with Crippen LogP contribution >= 0.6 is 0 Å². The second-order valence-electron chi connectivity index (χ2n) is 4.16. The number of halogens is 3. The zero-order chi connectivity index (χ0) is 14.5. The Morgan fingerprint density at radius 1 is 1.32 bits per heavy atom. The number of aryl methyl sites for hydroxylation is 1. The average molecular weight is 274 g/mol. The summed E-state index contributed by atoms with van der Waals surface area (Å²) in [6, 6.07) is 4.05. The molecule has 0 bridgehead atoms. The van der Waals surface area contributed by atoms with E-state index in [9.17, 15) is 18.0 Å². The van der Waals surface area contributed by atoms with Gasteiger partial charge >= 0.3 is 6.18 Å². The first-order valence-electron chi connectivity index (χ1n) is 6.03. The molecular formula is C13H17F3N2O. The lowest BCUT2D eigenvalue weighted by Crippen LogP contribution is -2.24. The molecule has 0 saturated carbocycles. The van der Waals surface area contributed by atoms with Crippen LogP contribution in [-0.2, 0) is 11.0 Å². The van der Waals surface area contributed by atoms with Crippen molar-refractivity contribution in [2.45, 2.75) is 26.4 Å². The Kier molecular flexibility index (Phi) is 5.20. The first-order valence-corrected chi connectivity index (χ1v) is 6.03. The van der Waals surface area contributed by atoms with E-state index in [2.05, 4.69) is 10.6 Å². The molecule has 2 N–H and O–H groups in total. The second kappa shape index (κ2) is 6.45. The number of nitrogens with one attached hydrogen (secondary N) is 2. The zero-order valence-corrected chi connectivity index (χ0v) is 10.9. The molecule has 0 atom stereocenters. The molecule has 1 rings (SSSR count). The molecule has 0 unspecified atom stereocenters. The van der Waals surface area contributed by atoms with Crippen LogP contribution in [-0.4, -0.2) is 19.0 Å². The van der Waals surface area contributed by atoms with Crippen molar-refractivity contribution in [1.82, 2.24) is 5.32 Å². The smallest absolute Gasteiger partial charge is 0.385 e. The molecule has 0 aliphatic heterocycles. The summed E-state index contributed by atoms with van der Waals surface area (Å²) in [5.74, 6) is -0.127. The van der Waals surface area contributed by atoms with Crippen molar-refractivity contribution >= 4 is 11.6 Å². The second-order valence-corrected chi connectivity index (χ2v) is 4.16. The van der Waals surface area contributed by atoms with Gasteiger partial charge in [-0.15, -0.1) is 0 Å². The van der Waals surface area contributed by atoms with Crippen molar-refractivity contribution in [2.24, 2.45) is 0 Å². The van der Waals surface area contributed by atoms with E-state index in [1.165, 1.54) is 13.0 Å². The van der Waals surface area contributed by atoms with Crippen LogP contribution in [0.15, 0.2) is 18.2 Å². The van der Waals surface area contributed by atoms with E-state index in [0.717, 1.165) is 6.07 Å². The molecule has 0 radical (unpaired) electrons. The minimum atomic E-state index is -4.36. The maximum atomic E-state index is 12.7. The molecule has 1 aromatic carbocycles. The third kappa shape index (κ3) is 4.81. The highest BCUT2D eigenvalue weighted by atomic mass is 19.4. The van der Waals surface area contributed by atoms with E-state index >= 15 is 0 Å². The standard InChI is InChI=1S/C13H17F3N2O/c1-3-17-12(19)6-7-18-10-5-4-9(2)11(8-10)13(14,15)16/h4-5,8,18H,3,6-7H2,1-2H3,(H,17,19). The average Bonchev–Trinajstić information content (AvgIpc) is 2.30. The number of carbonyl (C=O) groups excluding carboxylic acids is 1. The van der Waals surface area contributed by atoms with Crippen LogP contribution in [0.3, 0.4) is 0 Å². The van der Waals surface area contributed by atoms with Crippen molar-refractivity contribution in [3.8, 4) is 0 Å². The lowest BCUT2D eigenvalue weighted by molar-refractivity contribution is -0.138. The van der Waals surface area contributed by atoms with E-state index in [4.69, 9.17) is 0 Å². The van der Waals surface area contributed by atoms with Gasteiger partial charge in [0.25, 0.3) is 0 Å². The SMILES string of the molecule is CCNC(=O)CCNc1ccc(C)c(C(F)(F)F)c1. The Morgan fingerprint density at radius 3 is 2.58 bits per heavy atom. The van der Waals surface area contributed by atoms with Gasteiger partial charge in [-0.25, -0.2) is 0 Å². The fourth-order valence-electron chi connectivity index (χ4n) is 1.64. The molecule has 0 heterocycles. The predicted molar refractivity (Wildman–Crippen MR) is 68.0 cm³/mol. The first-order chi connectivity index (χ1) is 8.84. The molecule has 0 saturated heterocycles. The molecule has 1 aromatic rings. The van der Waals surface area contributed by atoms with Gasteiger partial charge in [0.1, 0.15) is 0 Å². The lowest BCUT2D eigenvalue weighted by atomic mass is 10.1. The monoisotopic (exact) mass is 274 g/mol. The summed E-state index contributed by atoms with van der Waals surface area (Å²) in [7, 11) is 0. The van der Waals surface area contributed by atoms with Crippen LogP contribution < -0.4 is 10.6 Å². The summed E-state index contributed by atoms with van der Waals surface area (Å²) in [4.78, 5) is 11.2. The number of hydrogen-bond acceptors (Lipinski definition) is 2. The molecule has 1 amide bonds. The number of carbonyl (C=O) groups is 1. The Labute approximate surface area is 110 Å². The summed E-state index contributed by atoms with van der Waals surface area (Å²) in [6.45, 7) is 4.07. The van der Waals surface area contributed by atoms with Crippen LogP contribution in [0.1, 0.15) is 24.5 Å². The highest BCUT2D eigenvalue weighted by Gasteiger charge is 2.32. The highest BCUT2D eigenvalue weighted by Crippen LogP contribution is 2.33. The zero-order valence-electron chi connectivity index (χ0n) is 10.9. The Bertz CT molecular complexity index is 444. The quantitative estimate of drug-likeness (QED) is 0.866. The number of rotatable bonds is 5. The van der Waals surface area contributed by atoms with Gasteiger partial charge in [0.2, 0.25) is 5.91 Å². The summed E-state index contributed by atoms with van der Waals surface area (Å²) in [5, 5.41) is 5.43. The molecule has 0 aliphatic rings. The predicted octanol–water partition coefficient (Wildman–Crippen LogP) is 2.95. The lowest BCUT2D eigenvalue weighted by Gasteiger charge is -2.13. The number of anilines is 1. The van der Waals surface area contributed by atoms with Gasteiger partial charge in [-0.3, -0.25) is 4.79 Å². The van der Waals surface area contributed by atoms with Gasteiger partial charge in [-0.1, -0.05) is 6.07 Å². The van der Waals surface area contributed by atoms with E-state index in [0.29, 0.717) is 18.8 Å². The maximum absolute atomic E-state index is 12.7. The fourth-order valence-corrected chi connectivity index (χ4v) is 1.64.